The van der Waals surface area contributed by atoms with Crippen molar-refractivity contribution in [1.29, 1.82) is 0 Å². The van der Waals surface area contributed by atoms with Crippen molar-refractivity contribution in [3.8, 4) is 11.8 Å². The van der Waals surface area contributed by atoms with Crippen LogP contribution in [0.2, 0.25) is 0 Å². The molecule has 0 radical (unpaired) electrons. The smallest absolute Gasteiger partial charge is 0.329 e. The third kappa shape index (κ3) is 4.58. The van der Waals surface area contributed by atoms with Gasteiger partial charge in [0.25, 0.3) is 11.8 Å². The molecular formula is C29H31N5O4. The van der Waals surface area contributed by atoms with Crippen molar-refractivity contribution >= 4 is 34.4 Å². The van der Waals surface area contributed by atoms with Gasteiger partial charge in [0.15, 0.2) is 0 Å². The highest BCUT2D eigenvalue weighted by Crippen LogP contribution is 2.27. The average molecular weight is 514 g/mol. The van der Waals surface area contributed by atoms with Gasteiger partial charge in [0.2, 0.25) is 5.91 Å². The number of benzene rings is 2. The second kappa shape index (κ2) is 10.2. The number of rotatable bonds is 3. The largest absolute Gasteiger partial charge is 0.399 e. The van der Waals surface area contributed by atoms with Crippen LogP contribution in [0.3, 0.4) is 0 Å². The van der Waals surface area contributed by atoms with Crippen molar-refractivity contribution in [2.75, 3.05) is 25.4 Å². The van der Waals surface area contributed by atoms with Crippen LogP contribution in [-0.4, -0.2) is 56.3 Å². The molecule has 3 heterocycles. The maximum atomic E-state index is 13.1. The number of aryl methyl sites for hydroxylation is 1. The minimum Gasteiger partial charge on any atom is -0.399 e. The number of imide groups is 1. The summed E-state index contributed by atoms with van der Waals surface area (Å²) in [5.41, 5.74) is 8.84. The second-order valence-corrected chi connectivity index (χ2v) is 9.90. The molecule has 2 aliphatic rings. The monoisotopic (exact) mass is 513 g/mol. The SMILES string of the molecule is CCN1C(=O)CCC(n2c(=O)n(C)c3cc(C#CC4CCN(C(=O)c5ccc(N)cc5)CC4)ccc32)C1=O. The zero-order valence-corrected chi connectivity index (χ0v) is 21.6. The van der Waals surface area contributed by atoms with Crippen molar-refractivity contribution < 1.29 is 14.4 Å². The highest BCUT2D eigenvalue weighted by molar-refractivity contribution is 6.00. The molecule has 0 saturated carbocycles. The number of piperidine rings is 2. The second-order valence-electron chi connectivity index (χ2n) is 9.90. The first kappa shape index (κ1) is 25.3. The number of hydrogen-bond donors (Lipinski definition) is 1. The van der Waals surface area contributed by atoms with E-state index in [0.717, 1.165) is 18.4 Å². The zero-order chi connectivity index (χ0) is 27.0. The highest BCUT2D eigenvalue weighted by atomic mass is 16.2. The first-order chi connectivity index (χ1) is 18.3. The Kier molecular flexibility index (Phi) is 6.81. The van der Waals surface area contributed by atoms with Crippen LogP contribution in [0.5, 0.6) is 0 Å². The van der Waals surface area contributed by atoms with E-state index >= 15 is 0 Å². The number of likely N-dealkylation sites (tertiary alicyclic amines) is 2. The van der Waals surface area contributed by atoms with Crippen LogP contribution in [0.25, 0.3) is 11.0 Å². The predicted molar refractivity (Wildman–Crippen MR) is 144 cm³/mol. The van der Waals surface area contributed by atoms with Gasteiger partial charge in [0, 0.05) is 55.8 Å². The van der Waals surface area contributed by atoms with E-state index in [1.54, 1.807) is 38.2 Å². The Morgan fingerprint density at radius 1 is 1.00 bits per heavy atom. The zero-order valence-electron chi connectivity index (χ0n) is 21.6. The molecule has 2 fully saturated rings. The van der Waals surface area contributed by atoms with Gasteiger partial charge in [0.1, 0.15) is 6.04 Å². The first-order valence-electron chi connectivity index (χ1n) is 13.0. The number of nitrogen functional groups attached to an aromatic ring is 1. The molecule has 5 rings (SSSR count). The molecule has 0 aliphatic carbocycles. The Balaban J connectivity index is 1.31. The van der Waals surface area contributed by atoms with Crippen molar-refractivity contribution in [3.05, 3.63) is 64.1 Å². The fraction of sp³-hybridized carbons (Fsp3) is 0.379. The highest BCUT2D eigenvalue weighted by Gasteiger charge is 2.36. The van der Waals surface area contributed by atoms with E-state index in [4.69, 9.17) is 5.73 Å². The summed E-state index contributed by atoms with van der Waals surface area (Å²) >= 11 is 0. The average Bonchev–Trinajstić information content (AvgIpc) is 3.17. The molecule has 2 aromatic carbocycles. The van der Waals surface area contributed by atoms with E-state index in [1.807, 2.05) is 23.1 Å². The summed E-state index contributed by atoms with van der Waals surface area (Å²) in [6.45, 7) is 3.34. The molecule has 2 N–H and O–H groups in total. The lowest BCUT2D eigenvalue weighted by Gasteiger charge is -2.30. The van der Waals surface area contributed by atoms with Crippen LogP contribution in [0.1, 0.15) is 54.6 Å². The maximum Gasteiger partial charge on any atom is 0.329 e. The van der Waals surface area contributed by atoms with Crippen molar-refractivity contribution in [2.45, 2.75) is 38.6 Å². The Hall–Kier alpha value is -4.32. The number of carbonyl (C=O) groups is 3. The molecule has 3 amide bonds. The van der Waals surface area contributed by atoms with Crippen LogP contribution in [0.4, 0.5) is 5.69 Å². The topological polar surface area (TPSA) is 111 Å². The first-order valence-corrected chi connectivity index (χ1v) is 13.0. The number of nitrogens with two attached hydrogens (primary N) is 1. The lowest BCUT2D eigenvalue weighted by atomic mass is 9.96. The molecule has 0 spiro atoms. The Morgan fingerprint density at radius 2 is 1.71 bits per heavy atom. The molecule has 9 heteroatoms. The molecule has 1 aromatic heterocycles. The number of nitrogens with zero attached hydrogens (tertiary/aromatic N) is 4. The molecule has 196 valence electrons. The summed E-state index contributed by atoms with van der Waals surface area (Å²) in [6.07, 6.45) is 2.14. The summed E-state index contributed by atoms with van der Waals surface area (Å²) < 4.78 is 3.04. The number of amides is 3. The Bertz CT molecular complexity index is 1530. The summed E-state index contributed by atoms with van der Waals surface area (Å²) in [5, 5.41) is 0. The number of anilines is 1. The lowest BCUT2D eigenvalue weighted by Crippen LogP contribution is -2.47. The van der Waals surface area contributed by atoms with Gasteiger partial charge in [-0.2, -0.15) is 0 Å². The summed E-state index contributed by atoms with van der Waals surface area (Å²) in [4.78, 5) is 54.0. The Labute approximate surface area is 220 Å². The van der Waals surface area contributed by atoms with Crippen LogP contribution < -0.4 is 11.4 Å². The lowest BCUT2D eigenvalue weighted by molar-refractivity contribution is -0.150. The van der Waals surface area contributed by atoms with E-state index in [1.165, 1.54) is 14.0 Å². The van der Waals surface area contributed by atoms with Gasteiger partial charge in [0.05, 0.1) is 11.0 Å². The van der Waals surface area contributed by atoms with Gasteiger partial charge in [-0.05, 0) is 68.7 Å². The van der Waals surface area contributed by atoms with Gasteiger partial charge in [-0.1, -0.05) is 11.8 Å². The number of imidazole rings is 1. The third-order valence-electron chi connectivity index (χ3n) is 7.56. The van der Waals surface area contributed by atoms with Gasteiger partial charge in [-0.25, -0.2) is 4.79 Å². The van der Waals surface area contributed by atoms with Crippen LogP contribution in [0.15, 0.2) is 47.3 Å². The van der Waals surface area contributed by atoms with E-state index in [-0.39, 0.29) is 35.8 Å². The fourth-order valence-corrected chi connectivity index (χ4v) is 5.36. The quantitative estimate of drug-likeness (QED) is 0.329. The van der Waals surface area contributed by atoms with Crippen LogP contribution in [0, 0.1) is 17.8 Å². The normalized spacial score (nSPS) is 18.5. The molecule has 0 bridgehead atoms. The molecule has 3 aromatic rings. The molecular weight excluding hydrogens is 482 g/mol. The van der Waals surface area contributed by atoms with Gasteiger partial charge in [-0.15, -0.1) is 0 Å². The Morgan fingerprint density at radius 3 is 2.39 bits per heavy atom. The van der Waals surface area contributed by atoms with Gasteiger partial charge in [-0.3, -0.25) is 28.4 Å². The summed E-state index contributed by atoms with van der Waals surface area (Å²) in [6, 6.07) is 11.8. The minimum atomic E-state index is -0.693. The molecule has 9 nitrogen and oxygen atoms in total. The van der Waals surface area contributed by atoms with Crippen molar-refractivity contribution in [3.63, 3.8) is 0 Å². The van der Waals surface area contributed by atoms with Crippen LogP contribution in [-0.2, 0) is 16.6 Å². The molecule has 1 unspecified atom stereocenters. The molecule has 2 saturated heterocycles. The summed E-state index contributed by atoms with van der Waals surface area (Å²) in [7, 11) is 1.68. The maximum absolute atomic E-state index is 13.1. The fourth-order valence-electron chi connectivity index (χ4n) is 5.36. The van der Waals surface area contributed by atoms with Crippen LogP contribution >= 0.6 is 0 Å². The third-order valence-corrected chi connectivity index (χ3v) is 7.56. The van der Waals surface area contributed by atoms with E-state index < -0.39 is 6.04 Å². The molecule has 1 atom stereocenters. The van der Waals surface area contributed by atoms with Crippen molar-refractivity contribution in [2.24, 2.45) is 13.0 Å². The van der Waals surface area contributed by atoms with Gasteiger partial charge >= 0.3 is 5.69 Å². The number of fused-ring (bicyclic) bond motifs is 1. The van der Waals surface area contributed by atoms with E-state index in [0.29, 0.717) is 48.3 Å². The molecule has 2 aliphatic heterocycles. The number of hydrogen-bond acceptors (Lipinski definition) is 5. The van der Waals surface area contributed by atoms with Crippen molar-refractivity contribution in [1.82, 2.24) is 18.9 Å². The summed E-state index contributed by atoms with van der Waals surface area (Å²) in [5.74, 6) is 6.24. The standard InChI is InChI=1S/C29H31N5O4/c1-3-33-26(35)13-12-24(28(33)37)34-23-11-6-20(18-25(23)31(2)29(34)38)5-4-19-14-16-32(17-15-19)27(36)21-7-9-22(30)10-8-21/h6-11,18-19,24H,3,12-17,30H2,1-2H3. The minimum absolute atomic E-state index is 0.00941. The van der Waals surface area contributed by atoms with Gasteiger partial charge < -0.3 is 10.6 Å². The number of carbonyl (C=O) groups excluding carboxylic acids is 3. The van der Waals surface area contributed by atoms with E-state index in [2.05, 4.69) is 11.8 Å². The number of aromatic nitrogens is 2. The van der Waals surface area contributed by atoms with E-state index in [9.17, 15) is 19.2 Å². The molecule has 38 heavy (non-hydrogen) atoms. The predicted octanol–water partition coefficient (Wildman–Crippen LogP) is 2.54. The number of likely N-dealkylation sites (N-methyl/N-ethyl adjacent to an activating group) is 1.